The Labute approximate surface area is 115 Å². The average molecular weight is 301 g/mol. The Morgan fingerprint density at radius 2 is 2.28 bits per heavy atom. The van der Waals surface area contributed by atoms with Gasteiger partial charge < -0.3 is 0 Å². The van der Waals surface area contributed by atoms with Crippen LogP contribution in [-0.4, -0.2) is 20.1 Å². The number of hydrogen-bond acceptors (Lipinski definition) is 4. The van der Waals surface area contributed by atoms with E-state index in [0.717, 1.165) is 0 Å². The molecule has 0 aromatic heterocycles. The molecule has 1 aliphatic rings. The molecule has 1 aliphatic heterocycles. The van der Waals surface area contributed by atoms with Gasteiger partial charge in [-0.3, -0.25) is 4.72 Å². The van der Waals surface area contributed by atoms with Gasteiger partial charge in [-0.05, 0) is 24.6 Å². The monoisotopic (exact) mass is 300 g/mol. The lowest BCUT2D eigenvalue weighted by Crippen LogP contribution is -2.32. The third-order valence-electron chi connectivity index (χ3n) is 2.26. The van der Waals surface area contributed by atoms with Gasteiger partial charge in [0.2, 0.25) is 0 Å². The van der Waals surface area contributed by atoms with Crippen molar-refractivity contribution in [1.29, 1.82) is 0 Å². The summed E-state index contributed by atoms with van der Waals surface area (Å²) >= 11 is 7.19. The molecule has 0 saturated heterocycles. The van der Waals surface area contributed by atoms with Gasteiger partial charge >= 0.3 is 0 Å². The first-order valence-corrected chi connectivity index (χ1v) is 7.60. The normalized spacial score (nSPS) is 18.8. The van der Waals surface area contributed by atoms with Crippen LogP contribution >= 0.6 is 23.4 Å². The van der Waals surface area contributed by atoms with E-state index in [2.05, 4.69) is 15.6 Å². The maximum absolute atomic E-state index is 12.0. The summed E-state index contributed by atoms with van der Waals surface area (Å²) in [5.41, 5.74) is 0.713. The van der Waals surface area contributed by atoms with Crippen LogP contribution in [0.15, 0.2) is 26.9 Å². The number of benzene rings is 1. The summed E-state index contributed by atoms with van der Waals surface area (Å²) in [6.45, 7) is 1.88. The van der Waals surface area contributed by atoms with Gasteiger partial charge in [-0.25, -0.2) is 13.4 Å². The Balaban J connectivity index is 2.54. The van der Waals surface area contributed by atoms with E-state index >= 15 is 0 Å². The van der Waals surface area contributed by atoms with E-state index in [1.807, 2.05) is 0 Å². The van der Waals surface area contributed by atoms with Crippen LogP contribution < -0.4 is 4.72 Å². The SMILES string of the molecule is C#CCN=C1NS(=O)(=O)c2cc(C)c(Cl)cc2S1. The molecule has 1 aromatic carbocycles. The van der Waals surface area contributed by atoms with Gasteiger partial charge in [-0.1, -0.05) is 29.3 Å². The summed E-state index contributed by atoms with van der Waals surface area (Å²) in [6, 6.07) is 3.17. The number of hydrogen-bond donors (Lipinski definition) is 1. The van der Waals surface area contributed by atoms with Crippen molar-refractivity contribution in [2.24, 2.45) is 4.99 Å². The molecular weight excluding hydrogens is 292 g/mol. The molecular formula is C11H9ClN2O2S2. The zero-order valence-corrected chi connectivity index (χ0v) is 11.8. The van der Waals surface area contributed by atoms with Crippen LogP contribution in [0.2, 0.25) is 5.02 Å². The first-order valence-electron chi connectivity index (χ1n) is 4.93. The van der Waals surface area contributed by atoms with Crippen LogP contribution in [-0.2, 0) is 10.0 Å². The van der Waals surface area contributed by atoms with Crippen molar-refractivity contribution in [2.75, 3.05) is 6.54 Å². The zero-order chi connectivity index (χ0) is 13.3. The number of thioether (sulfide) groups is 1. The Kier molecular flexibility index (Phi) is 3.57. The van der Waals surface area contributed by atoms with Crippen LogP contribution in [0.3, 0.4) is 0 Å². The smallest absolute Gasteiger partial charge is 0.258 e. The third-order valence-corrected chi connectivity index (χ3v) is 5.28. The number of aliphatic imine (C=N–C) groups is 1. The van der Waals surface area contributed by atoms with Crippen molar-refractivity contribution in [3.8, 4) is 12.3 Å². The molecule has 1 heterocycles. The highest BCUT2D eigenvalue weighted by Gasteiger charge is 2.28. The average Bonchev–Trinajstić information content (AvgIpc) is 2.28. The van der Waals surface area contributed by atoms with Crippen molar-refractivity contribution in [1.82, 2.24) is 4.72 Å². The Bertz CT molecular complexity index is 675. The molecule has 94 valence electrons. The molecule has 0 fully saturated rings. The number of aryl methyl sites for hydroxylation is 1. The number of nitrogens with zero attached hydrogens (tertiary/aromatic N) is 1. The topological polar surface area (TPSA) is 58.5 Å². The maximum Gasteiger partial charge on any atom is 0.264 e. The van der Waals surface area contributed by atoms with Crippen molar-refractivity contribution in [2.45, 2.75) is 16.7 Å². The highest BCUT2D eigenvalue weighted by Crippen LogP contribution is 2.35. The quantitative estimate of drug-likeness (QED) is 0.807. The lowest BCUT2D eigenvalue weighted by Gasteiger charge is -2.19. The number of amidine groups is 1. The number of terminal acetylenes is 1. The van der Waals surface area contributed by atoms with E-state index in [-0.39, 0.29) is 16.6 Å². The minimum atomic E-state index is -3.59. The summed E-state index contributed by atoms with van der Waals surface area (Å²) < 4.78 is 26.4. The van der Waals surface area contributed by atoms with Gasteiger partial charge in [-0.15, -0.1) is 6.42 Å². The molecule has 0 saturated carbocycles. The van der Waals surface area contributed by atoms with Gasteiger partial charge in [-0.2, -0.15) is 0 Å². The molecule has 0 unspecified atom stereocenters. The summed E-state index contributed by atoms with van der Waals surface area (Å²) in [7, 11) is -3.59. The Morgan fingerprint density at radius 3 is 2.94 bits per heavy atom. The molecule has 18 heavy (non-hydrogen) atoms. The molecule has 0 amide bonds. The van der Waals surface area contributed by atoms with Crippen molar-refractivity contribution in [3.63, 3.8) is 0 Å². The molecule has 0 radical (unpaired) electrons. The molecule has 4 nitrogen and oxygen atoms in total. The largest absolute Gasteiger partial charge is 0.264 e. The first-order chi connectivity index (χ1) is 8.44. The second kappa shape index (κ2) is 4.84. The molecule has 1 N–H and O–H groups in total. The van der Waals surface area contributed by atoms with E-state index in [4.69, 9.17) is 18.0 Å². The van der Waals surface area contributed by atoms with Crippen LogP contribution in [0.1, 0.15) is 5.56 Å². The number of nitrogens with one attached hydrogen (secondary N) is 1. The van der Waals surface area contributed by atoms with Gasteiger partial charge in [0.25, 0.3) is 10.0 Å². The van der Waals surface area contributed by atoms with Crippen LogP contribution in [0, 0.1) is 19.3 Å². The summed E-state index contributed by atoms with van der Waals surface area (Å²) in [4.78, 5) is 4.73. The van der Waals surface area contributed by atoms with Crippen LogP contribution in [0.4, 0.5) is 0 Å². The fourth-order valence-corrected chi connectivity index (χ4v) is 4.32. The lowest BCUT2D eigenvalue weighted by molar-refractivity contribution is 0.590. The van der Waals surface area contributed by atoms with Gasteiger partial charge in [0, 0.05) is 9.92 Å². The molecule has 0 aliphatic carbocycles. The van der Waals surface area contributed by atoms with Gasteiger partial charge in [0.05, 0.1) is 0 Å². The lowest BCUT2D eigenvalue weighted by atomic mass is 10.2. The highest BCUT2D eigenvalue weighted by atomic mass is 35.5. The molecule has 0 spiro atoms. The van der Waals surface area contributed by atoms with Crippen molar-refractivity contribution >= 4 is 38.6 Å². The molecule has 0 bridgehead atoms. The number of halogens is 1. The fourth-order valence-electron chi connectivity index (χ4n) is 1.40. The van der Waals surface area contributed by atoms with Crippen molar-refractivity contribution < 1.29 is 8.42 Å². The van der Waals surface area contributed by atoms with Gasteiger partial charge in [0.15, 0.2) is 5.17 Å². The van der Waals surface area contributed by atoms with E-state index in [9.17, 15) is 8.42 Å². The van der Waals surface area contributed by atoms with E-state index in [1.165, 1.54) is 11.8 Å². The standard InChI is InChI=1S/C11H9ClN2O2S2/c1-3-4-13-11-14-18(15,16)10-5-7(2)8(12)6-9(10)17-11/h1,5-6H,4H2,2H3,(H,13,14). The van der Waals surface area contributed by atoms with E-state index in [1.54, 1.807) is 19.1 Å². The predicted molar refractivity (Wildman–Crippen MR) is 73.5 cm³/mol. The predicted octanol–water partition coefficient (Wildman–Crippen LogP) is 2.02. The van der Waals surface area contributed by atoms with Gasteiger partial charge in [0.1, 0.15) is 11.4 Å². The molecule has 1 aromatic rings. The summed E-state index contributed by atoms with van der Waals surface area (Å²) in [5.74, 6) is 2.33. The number of fused-ring (bicyclic) bond motifs is 1. The Hall–Kier alpha value is -1.16. The first kappa shape index (κ1) is 13.3. The number of rotatable bonds is 1. The third kappa shape index (κ3) is 2.48. The molecule has 0 atom stereocenters. The number of sulfonamides is 1. The molecule has 2 rings (SSSR count). The summed E-state index contributed by atoms with van der Waals surface area (Å²) in [6.07, 6.45) is 5.09. The summed E-state index contributed by atoms with van der Waals surface area (Å²) in [5, 5.41) is 0.787. The second-order valence-corrected chi connectivity index (χ2v) is 6.67. The van der Waals surface area contributed by atoms with Crippen LogP contribution in [0.25, 0.3) is 0 Å². The maximum atomic E-state index is 12.0. The fraction of sp³-hybridized carbons (Fsp3) is 0.182. The van der Waals surface area contributed by atoms with Crippen molar-refractivity contribution in [3.05, 3.63) is 22.7 Å². The minimum Gasteiger partial charge on any atom is -0.258 e. The van der Waals surface area contributed by atoms with E-state index < -0.39 is 10.0 Å². The zero-order valence-electron chi connectivity index (χ0n) is 9.40. The highest BCUT2D eigenvalue weighted by molar-refractivity contribution is 8.16. The second-order valence-electron chi connectivity index (χ2n) is 3.58. The minimum absolute atomic E-state index is 0.125. The molecule has 7 heteroatoms. The van der Waals surface area contributed by atoms with E-state index in [0.29, 0.717) is 15.5 Å². The van der Waals surface area contributed by atoms with Crippen LogP contribution in [0.5, 0.6) is 0 Å². The Morgan fingerprint density at radius 1 is 1.56 bits per heavy atom.